The molecule has 1 rings (SSSR count). The van der Waals surface area contributed by atoms with Crippen LogP contribution in [0.15, 0.2) is 33.6 Å². The van der Waals surface area contributed by atoms with Crippen LogP contribution in [-0.4, -0.2) is 25.3 Å². The summed E-state index contributed by atoms with van der Waals surface area (Å²) in [6.45, 7) is 3.81. The Morgan fingerprint density at radius 3 is 2.33 bits per heavy atom. The molecule has 0 heterocycles. The van der Waals surface area contributed by atoms with E-state index in [2.05, 4.69) is 15.9 Å². The van der Waals surface area contributed by atoms with Gasteiger partial charge in [-0.1, -0.05) is 15.9 Å². The molecule has 0 saturated carbocycles. The largest absolute Gasteiger partial charge is 0.243 e. The standard InChI is InChI=1S/C12H15BrN2O2S/c1-10(2)15(9-3-8-14)18(16,17)12-6-4-11(13)5-7-12/h4-7,10H,3,9H2,1-2H3. The van der Waals surface area contributed by atoms with Gasteiger partial charge in [0.15, 0.2) is 0 Å². The second-order valence-electron chi connectivity index (χ2n) is 4.07. The van der Waals surface area contributed by atoms with Gasteiger partial charge < -0.3 is 0 Å². The minimum Gasteiger partial charge on any atom is -0.207 e. The van der Waals surface area contributed by atoms with Crippen LogP contribution in [0.5, 0.6) is 0 Å². The van der Waals surface area contributed by atoms with Crippen molar-refractivity contribution in [1.82, 2.24) is 4.31 Å². The van der Waals surface area contributed by atoms with E-state index in [9.17, 15) is 8.42 Å². The molecule has 0 aliphatic carbocycles. The molecule has 4 nitrogen and oxygen atoms in total. The lowest BCUT2D eigenvalue weighted by atomic mass is 10.3. The number of hydrogen-bond donors (Lipinski definition) is 0. The fraction of sp³-hybridized carbons (Fsp3) is 0.417. The van der Waals surface area contributed by atoms with Gasteiger partial charge in [0, 0.05) is 23.5 Å². The molecular formula is C12H15BrN2O2S. The molecule has 0 fully saturated rings. The molecule has 0 N–H and O–H groups in total. The fourth-order valence-electron chi connectivity index (χ4n) is 1.56. The Kier molecular flexibility index (Phi) is 5.32. The molecule has 0 bridgehead atoms. The number of sulfonamides is 1. The SMILES string of the molecule is CC(C)N(CCC#N)S(=O)(=O)c1ccc(Br)cc1. The van der Waals surface area contributed by atoms with E-state index < -0.39 is 10.0 Å². The second kappa shape index (κ2) is 6.32. The predicted molar refractivity (Wildman–Crippen MR) is 73.4 cm³/mol. The van der Waals surface area contributed by atoms with Crippen molar-refractivity contribution in [3.05, 3.63) is 28.7 Å². The van der Waals surface area contributed by atoms with Crippen LogP contribution in [-0.2, 0) is 10.0 Å². The minimum atomic E-state index is -3.53. The van der Waals surface area contributed by atoms with E-state index in [-0.39, 0.29) is 23.9 Å². The van der Waals surface area contributed by atoms with E-state index >= 15 is 0 Å². The van der Waals surface area contributed by atoms with Crippen molar-refractivity contribution in [2.24, 2.45) is 0 Å². The maximum Gasteiger partial charge on any atom is 0.243 e. The normalized spacial score (nSPS) is 11.8. The lowest BCUT2D eigenvalue weighted by molar-refractivity contribution is 0.360. The van der Waals surface area contributed by atoms with E-state index in [1.54, 1.807) is 38.1 Å². The average molecular weight is 331 g/mol. The second-order valence-corrected chi connectivity index (χ2v) is 6.88. The first kappa shape index (κ1) is 15.2. The van der Waals surface area contributed by atoms with Crippen LogP contribution >= 0.6 is 15.9 Å². The Morgan fingerprint density at radius 2 is 1.89 bits per heavy atom. The Bertz CT molecular complexity index is 532. The van der Waals surface area contributed by atoms with Gasteiger partial charge >= 0.3 is 0 Å². The van der Waals surface area contributed by atoms with E-state index in [0.29, 0.717) is 0 Å². The third kappa shape index (κ3) is 3.55. The van der Waals surface area contributed by atoms with Crippen LogP contribution in [0.25, 0.3) is 0 Å². The van der Waals surface area contributed by atoms with Crippen molar-refractivity contribution >= 4 is 26.0 Å². The van der Waals surface area contributed by atoms with Gasteiger partial charge in [0.05, 0.1) is 11.0 Å². The van der Waals surface area contributed by atoms with Gasteiger partial charge in [-0.25, -0.2) is 8.42 Å². The molecule has 0 radical (unpaired) electrons. The monoisotopic (exact) mass is 330 g/mol. The highest BCUT2D eigenvalue weighted by atomic mass is 79.9. The molecule has 0 unspecified atom stereocenters. The number of rotatable bonds is 5. The summed E-state index contributed by atoms with van der Waals surface area (Å²) in [6, 6.07) is 8.29. The van der Waals surface area contributed by atoms with Crippen LogP contribution in [0, 0.1) is 11.3 Å². The summed E-state index contributed by atoms with van der Waals surface area (Å²) in [5.41, 5.74) is 0. The zero-order chi connectivity index (χ0) is 13.8. The molecule has 0 spiro atoms. The van der Waals surface area contributed by atoms with Crippen molar-refractivity contribution in [2.75, 3.05) is 6.54 Å². The van der Waals surface area contributed by atoms with Gasteiger partial charge in [-0.2, -0.15) is 9.57 Å². The summed E-state index contributed by atoms with van der Waals surface area (Å²) < 4.78 is 27.0. The van der Waals surface area contributed by atoms with Crippen LogP contribution in [0.1, 0.15) is 20.3 Å². The molecule has 0 atom stereocenters. The van der Waals surface area contributed by atoms with Gasteiger partial charge in [0.2, 0.25) is 10.0 Å². The maximum absolute atomic E-state index is 12.4. The number of hydrogen-bond acceptors (Lipinski definition) is 3. The molecule has 0 aliphatic rings. The van der Waals surface area contributed by atoms with E-state index in [0.717, 1.165) is 4.47 Å². The Labute approximate surface area is 116 Å². The molecule has 0 aliphatic heterocycles. The molecule has 0 amide bonds. The summed E-state index contributed by atoms with van der Waals surface area (Å²) in [4.78, 5) is 0.248. The molecule has 1 aromatic rings. The molecular weight excluding hydrogens is 316 g/mol. The number of nitrogens with zero attached hydrogens (tertiary/aromatic N) is 2. The van der Waals surface area contributed by atoms with Crippen molar-refractivity contribution in [1.29, 1.82) is 5.26 Å². The molecule has 0 saturated heterocycles. The molecule has 0 aromatic heterocycles. The Balaban J connectivity index is 3.09. The van der Waals surface area contributed by atoms with Gasteiger partial charge in [0.25, 0.3) is 0 Å². The first-order valence-electron chi connectivity index (χ1n) is 5.54. The summed E-state index contributed by atoms with van der Waals surface area (Å²) in [5.74, 6) is 0. The number of halogens is 1. The van der Waals surface area contributed by atoms with Gasteiger partial charge in [-0.15, -0.1) is 0 Å². The molecule has 98 valence electrons. The average Bonchev–Trinajstić information content (AvgIpc) is 2.29. The zero-order valence-corrected chi connectivity index (χ0v) is 12.7. The van der Waals surface area contributed by atoms with Crippen molar-refractivity contribution in [2.45, 2.75) is 31.2 Å². The highest BCUT2D eigenvalue weighted by molar-refractivity contribution is 9.10. The molecule has 6 heteroatoms. The Morgan fingerprint density at radius 1 is 1.33 bits per heavy atom. The third-order valence-electron chi connectivity index (χ3n) is 2.44. The summed E-state index contributed by atoms with van der Waals surface area (Å²) >= 11 is 3.27. The van der Waals surface area contributed by atoms with Crippen molar-refractivity contribution in [3.8, 4) is 6.07 Å². The first-order chi connectivity index (χ1) is 8.39. The van der Waals surface area contributed by atoms with Crippen LogP contribution in [0.3, 0.4) is 0 Å². The summed E-state index contributed by atoms with van der Waals surface area (Å²) in [7, 11) is -3.53. The third-order valence-corrected chi connectivity index (χ3v) is 5.06. The predicted octanol–water partition coefficient (Wildman–Crippen LogP) is 2.76. The van der Waals surface area contributed by atoms with Crippen LogP contribution < -0.4 is 0 Å². The topological polar surface area (TPSA) is 61.2 Å². The number of benzene rings is 1. The maximum atomic E-state index is 12.4. The van der Waals surface area contributed by atoms with Gasteiger partial charge in [-0.3, -0.25) is 0 Å². The lowest BCUT2D eigenvalue weighted by Crippen LogP contribution is -2.37. The minimum absolute atomic E-state index is 0.174. The number of nitriles is 1. The highest BCUT2D eigenvalue weighted by Crippen LogP contribution is 2.20. The summed E-state index contributed by atoms with van der Waals surface area (Å²) in [5, 5.41) is 8.59. The van der Waals surface area contributed by atoms with Gasteiger partial charge in [-0.05, 0) is 38.1 Å². The van der Waals surface area contributed by atoms with E-state index in [4.69, 9.17) is 5.26 Å². The van der Waals surface area contributed by atoms with Crippen LogP contribution in [0.2, 0.25) is 0 Å². The lowest BCUT2D eigenvalue weighted by Gasteiger charge is -2.24. The smallest absolute Gasteiger partial charge is 0.207 e. The first-order valence-corrected chi connectivity index (χ1v) is 7.77. The van der Waals surface area contributed by atoms with E-state index in [1.807, 2.05) is 6.07 Å². The van der Waals surface area contributed by atoms with E-state index in [1.165, 1.54) is 4.31 Å². The molecule has 1 aromatic carbocycles. The zero-order valence-electron chi connectivity index (χ0n) is 10.3. The van der Waals surface area contributed by atoms with Crippen LogP contribution in [0.4, 0.5) is 0 Å². The molecule has 18 heavy (non-hydrogen) atoms. The van der Waals surface area contributed by atoms with Crippen molar-refractivity contribution < 1.29 is 8.42 Å². The summed E-state index contributed by atoms with van der Waals surface area (Å²) in [6.07, 6.45) is 0.188. The highest BCUT2D eigenvalue weighted by Gasteiger charge is 2.26. The van der Waals surface area contributed by atoms with Gasteiger partial charge in [0.1, 0.15) is 0 Å². The Hall–Kier alpha value is -0.900. The quantitative estimate of drug-likeness (QED) is 0.833. The van der Waals surface area contributed by atoms with Crippen molar-refractivity contribution in [3.63, 3.8) is 0 Å². The fourth-order valence-corrected chi connectivity index (χ4v) is 3.46.